The first-order chi connectivity index (χ1) is 20.9. The van der Waals surface area contributed by atoms with Gasteiger partial charge in [0.2, 0.25) is 5.91 Å². The van der Waals surface area contributed by atoms with Crippen LogP contribution in [-0.2, 0) is 9.53 Å². The zero-order valence-corrected chi connectivity index (χ0v) is 28.9. The molecule has 2 bridgehead atoms. The van der Waals surface area contributed by atoms with Crippen LogP contribution in [0.3, 0.4) is 0 Å². The summed E-state index contributed by atoms with van der Waals surface area (Å²) in [6.45, 7) is 19.1. The number of nitrogens with one attached hydrogen (secondary N) is 2. The summed E-state index contributed by atoms with van der Waals surface area (Å²) >= 11 is 0. The van der Waals surface area contributed by atoms with E-state index in [1.807, 2.05) is 25.7 Å². The Kier molecular flexibility index (Phi) is 11.9. The zero-order chi connectivity index (χ0) is 32.0. The Morgan fingerprint density at radius 1 is 0.841 bits per heavy atom. The lowest BCUT2D eigenvalue weighted by Crippen LogP contribution is -2.63. The largest absolute Gasteiger partial charge is 0.444 e. The van der Waals surface area contributed by atoms with Crippen LogP contribution >= 0.6 is 0 Å². The van der Waals surface area contributed by atoms with E-state index < -0.39 is 5.60 Å². The van der Waals surface area contributed by atoms with E-state index >= 15 is 0 Å². The van der Waals surface area contributed by atoms with Crippen molar-refractivity contribution in [3.8, 4) is 0 Å². The third kappa shape index (κ3) is 8.82. The molecule has 0 aromatic carbocycles. The number of quaternary nitrogens is 1. The highest BCUT2D eigenvalue weighted by Gasteiger charge is 2.54. The summed E-state index contributed by atoms with van der Waals surface area (Å²) in [5.74, 6) is 0.0195. The van der Waals surface area contributed by atoms with E-state index in [0.717, 1.165) is 57.9 Å². The standard InChI is InChI=1S/C35H63N5O4/c1-7-10-18-40(19-11-8-2,20-12-9-3)21-14-13-17-38-29-15-16-30(39(26-29)33(38)43)31(41)36-27-22-35(23-27)24-28(25-35)37-32(42)44-34(4,5)6/h27-30H,7-26H2,1-6H3,(H-,36,37,41,42)/p+1/t27?,28?,29-,30+,35?/m1/s1. The van der Waals surface area contributed by atoms with Crippen LogP contribution in [0.25, 0.3) is 0 Å². The van der Waals surface area contributed by atoms with Gasteiger partial charge in [0.05, 0.1) is 32.2 Å². The SMILES string of the molecule is CCCC[N+](CCCC)(CCCC)CCCCN1C(=O)N2C[C@H]1CC[C@H]2C(=O)NC1CC2(CC(NC(=O)OC(C)(C)C)C2)C1. The summed E-state index contributed by atoms with van der Waals surface area (Å²) in [5, 5.41) is 6.25. The van der Waals surface area contributed by atoms with Crippen molar-refractivity contribution in [3.05, 3.63) is 0 Å². The summed E-state index contributed by atoms with van der Waals surface area (Å²) < 4.78 is 6.64. The number of hydrogen-bond acceptors (Lipinski definition) is 4. The molecule has 4 rings (SSSR count). The Labute approximate surface area is 267 Å². The van der Waals surface area contributed by atoms with Crippen molar-refractivity contribution in [2.75, 3.05) is 39.3 Å². The monoisotopic (exact) mass is 618 g/mol. The van der Waals surface area contributed by atoms with E-state index in [0.29, 0.717) is 6.54 Å². The van der Waals surface area contributed by atoms with Crippen LogP contribution < -0.4 is 10.6 Å². The summed E-state index contributed by atoms with van der Waals surface area (Å²) in [4.78, 5) is 42.8. The molecule has 2 aliphatic carbocycles. The predicted octanol–water partition coefficient (Wildman–Crippen LogP) is 6.20. The van der Waals surface area contributed by atoms with Gasteiger partial charge < -0.3 is 29.7 Å². The van der Waals surface area contributed by atoms with Crippen LogP contribution in [0.15, 0.2) is 0 Å². The Hall–Kier alpha value is -2.03. The second kappa shape index (κ2) is 15.0. The van der Waals surface area contributed by atoms with Gasteiger partial charge in [0.15, 0.2) is 0 Å². The number of urea groups is 1. The van der Waals surface area contributed by atoms with E-state index in [-0.39, 0.29) is 47.6 Å². The number of amides is 4. The van der Waals surface area contributed by atoms with Crippen molar-refractivity contribution in [1.82, 2.24) is 20.4 Å². The number of carbonyl (C=O) groups excluding carboxylic acids is 3. The normalized spacial score (nSPS) is 28.1. The number of rotatable bonds is 17. The molecule has 252 valence electrons. The van der Waals surface area contributed by atoms with Crippen molar-refractivity contribution >= 4 is 18.0 Å². The molecule has 2 aliphatic heterocycles. The van der Waals surface area contributed by atoms with Gasteiger partial charge in [-0.15, -0.1) is 0 Å². The number of hydrogen-bond donors (Lipinski definition) is 2. The number of alkyl carbamates (subject to hydrolysis) is 1. The Morgan fingerprint density at radius 2 is 1.39 bits per heavy atom. The van der Waals surface area contributed by atoms with Crippen molar-refractivity contribution in [3.63, 3.8) is 0 Å². The lowest BCUT2D eigenvalue weighted by molar-refractivity contribution is -0.929. The molecule has 2 heterocycles. The number of ether oxygens (including phenoxy) is 1. The van der Waals surface area contributed by atoms with Gasteiger partial charge in [-0.25, -0.2) is 9.59 Å². The van der Waals surface area contributed by atoms with Crippen LogP contribution in [0.5, 0.6) is 0 Å². The molecule has 2 saturated carbocycles. The zero-order valence-electron chi connectivity index (χ0n) is 28.9. The van der Waals surface area contributed by atoms with Gasteiger partial charge >= 0.3 is 12.1 Å². The Bertz CT molecular complexity index is 945. The molecule has 4 fully saturated rings. The minimum atomic E-state index is -0.494. The lowest BCUT2D eigenvalue weighted by atomic mass is 9.52. The highest BCUT2D eigenvalue weighted by molar-refractivity contribution is 5.89. The third-order valence-corrected chi connectivity index (χ3v) is 10.8. The minimum Gasteiger partial charge on any atom is -0.444 e. The second-order valence-electron chi connectivity index (χ2n) is 15.7. The molecule has 9 nitrogen and oxygen atoms in total. The molecule has 0 radical (unpaired) electrons. The number of unbranched alkanes of at least 4 members (excludes halogenated alkanes) is 4. The maximum Gasteiger partial charge on any atom is 0.407 e. The molecule has 2 N–H and O–H groups in total. The van der Waals surface area contributed by atoms with E-state index in [1.165, 1.54) is 69.2 Å². The minimum absolute atomic E-state index is 0.0195. The van der Waals surface area contributed by atoms with Crippen molar-refractivity contribution in [2.45, 2.75) is 161 Å². The molecule has 1 spiro atoms. The summed E-state index contributed by atoms with van der Waals surface area (Å²) in [6, 6.07) is 0.302. The molecule has 2 atom stereocenters. The summed E-state index contributed by atoms with van der Waals surface area (Å²) in [7, 11) is 0. The van der Waals surface area contributed by atoms with E-state index in [4.69, 9.17) is 4.74 Å². The molecular weight excluding hydrogens is 554 g/mol. The topological polar surface area (TPSA) is 91.0 Å². The highest BCUT2D eigenvalue weighted by Crippen LogP contribution is 2.56. The van der Waals surface area contributed by atoms with Gasteiger partial charge in [-0.1, -0.05) is 40.0 Å². The Morgan fingerprint density at radius 3 is 1.93 bits per heavy atom. The fraction of sp³-hybridized carbons (Fsp3) is 0.914. The van der Waals surface area contributed by atoms with Gasteiger partial charge in [-0.2, -0.15) is 0 Å². The van der Waals surface area contributed by atoms with Crippen molar-refractivity contribution < 1.29 is 23.6 Å². The average Bonchev–Trinajstić information content (AvgIpc) is 3.16. The van der Waals surface area contributed by atoms with Gasteiger partial charge in [-0.3, -0.25) is 4.79 Å². The molecule has 0 aromatic rings. The first-order valence-corrected chi connectivity index (χ1v) is 18.1. The maximum absolute atomic E-state index is 13.5. The number of piperidine rings is 1. The Balaban J connectivity index is 1.18. The smallest absolute Gasteiger partial charge is 0.407 e. The van der Waals surface area contributed by atoms with E-state index in [2.05, 4.69) is 36.3 Å². The molecule has 4 amide bonds. The van der Waals surface area contributed by atoms with Crippen LogP contribution in [0.2, 0.25) is 0 Å². The van der Waals surface area contributed by atoms with Gasteiger partial charge in [0.1, 0.15) is 11.6 Å². The second-order valence-corrected chi connectivity index (χ2v) is 15.7. The van der Waals surface area contributed by atoms with Crippen LogP contribution in [0.4, 0.5) is 9.59 Å². The molecule has 44 heavy (non-hydrogen) atoms. The van der Waals surface area contributed by atoms with Crippen LogP contribution in [-0.4, -0.2) is 101 Å². The van der Waals surface area contributed by atoms with E-state index in [9.17, 15) is 14.4 Å². The summed E-state index contributed by atoms with van der Waals surface area (Å²) in [6.07, 6.45) is 15.0. The maximum atomic E-state index is 13.5. The van der Waals surface area contributed by atoms with Gasteiger partial charge in [0.25, 0.3) is 0 Å². The molecule has 2 saturated heterocycles. The number of carbonyl (C=O) groups is 3. The van der Waals surface area contributed by atoms with Crippen molar-refractivity contribution in [2.24, 2.45) is 5.41 Å². The fourth-order valence-electron chi connectivity index (χ4n) is 8.45. The number of fused-ring (bicyclic) bond motifs is 2. The van der Waals surface area contributed by atoms with Crippen LogP contribution in [0, 0.1) is 5.41 Å². The average molecular weight is 619 g/mol. The molecular formula is C35H64N5O4+. The number of nitrogens with zero attached hydrogens (tertiary/aromatic N) is 3. The predicted molar refractivity (Wildman–Crippen MR) is 175 cm³/mol. The van der Waals surface area contributed by atoms with Gasteiger partial charge in [-0.05, 0) is 96.8 Å². The first-order valence-electron chi connectivity index (χ1n) is 18.1. The van der Waals surface area contributed by atoms with Crippen LogP contribution in [0.1, 0.15) is 131 Å². The first kappa shape index (κ1) is 34.8. The third-order valence-electron chi connectivity index (χ3n) is 10.8. The highest BCUT2D eigenvalue weighted by atomic mass is 16.6. The van der Waals surface area contributed by atoms with E-state index in [1.54, 1.807) is 0 Å². The fourth-order valence-corrected chi connectivity index (χ4v) is 8.45. The van der Waals surface area contributed by atoms with Crippen molar-refractivity contribution in [1.29, 1.82) is 0 Å². The van der Waals surface area contributed by atoms with Gasteiger partial charge in [0, 0.05) is 25.2 Å². The molecule has 9 heteroatoms. The molecule has 4 aliphatic rings. The quantitative estimate of drug-likeness (QED) is 0.150. The summed E-state index contributed by atoms with van der Waals surface area (Å²) in [5.41, 5.74) is -0.262. The lowest BCUT2D eigenvalue weighted by Gasteiger charge is -2.57. The molecule has 0 unspecified atom stereocenters. The molecule has 0 aromatic heterocycles.